The van der Waals surface area contributed by atoms with E-state index in [0.717, 1.165) is 24.3 Å². The summed E-state index contributed by atoms with van der Waals surface area (Å²) in [4.78, 5) is 22.9. The highest BCUT2D eigenvalue weighted by Crippen LogP contribution is 2.26. The molecular weight excluding hydrogens is 266 g/mol. The lowest BCUT2D eigenvalue weighted by Crippen LogP contribution is -2.39. The SMILES string of the molecule is CCCCCCOc1ccc(C2CCC(=O)NC2=O)cc1. The number of hydrogen-bond donors (Lipinski definition) is 1. The normalized spacial score (nSPS) is 18.4. The third kappa shape index (κ3) is 4.59. The molecule has 21 heavy (non-hydrogen) atoms. The van der Waals surface area contributed by atoms with Gasteiger partial charge in [0, 0.05) is 6.42 Å². The average Bonchev–Trinajstić information content (AvgIpc) is 2.48. The van der Waals surface area contributed by atoms with Gasteiger partial charge in [0.25, 0.3) is 0 Å². The summed E-state index contributed by atoms with van der Waals surface area (Å²) in [7, 11) is 0. The lowest BCUT2D eigenvalue weighted by molar-refractivity contribution is -0.134. The highest BCUT2D eigenvalue weighted by atomic mass is 16.5. The molecule has 114 valence electrons. The average molecular weight is 289 g/mol. The van der Waals surface area contributed by atoms with Crippen molar-refractivity contribution in [2.75, 3.05) is 6.61 Å². The van der Waals surface area contributed by atoms with E-state index in [0.29, 0.717) is 12.8 Å². The first-order chi connectivity index (χ1) is 10.2. The molecule has 1 aromatic rings. The summed E-state index contributed by atoms with van der Waals surface area (Å²) < 4.78 is 5.68. The van der Waals surface area contributed by atoms with E-state index in [1.807, 2.05) is 24.3 Å². The second-order valence-electron chi connectivity index (χ2n) is 5.48. The minimum Gasteiger partial charge on any atom is -0.494 e. The maximum absolute atomic E-state index is 11.8. The largest absolute Gasteiger partial charge is 0.494 e. The Morgan fingerprint density at radius 3 is 2.57 bits per heavy atom. The monoisotopic (exact) mass is 289 g/mol. The summed E-state index contributed by atoms with van der Waals surface area (Å²) in [6.07, 6.45) is 5.74. The number of carbonyl (C=O) groups excluding carboxylic acids is 2. The summed E-state index contributed by atoms with van der Waals surface area (Å²) in [5, 5.41) is 2.39. The van der Waals surface area contributed by atoms with Crippen molar-refractivity contribution < 1.29 is 14.3 Å². The van der Waals surface area contributed by atoms with Gasteiger partial charge < -0.3 is 4.74 Å². The molecule has 2 rings (SSSR count). The molecular formula is C17H23NO3. The van der Waals surface area contributed by atoms with Gasteiger partial charge in [-0.1, -0.05) is 38.3 Å². The van der Waals surface area contributed by atoms with Crippen LogP contribution in [0.1, 0.15) is 56.9 Å². The van der Waals surface area contributed by atoms with Gasteiger partial charge >= 0.3 is 0 Å². The molecule has 0 bridgehead atoms. The Morgan fingerprint density at radius 2 is 1.90 bits per heavy atom. The minimum absolute atomic E-state index is 0.178. The van der Waals surface area contributed by atoms with Gasteiger partial charge in [0.15, 0.2) is 0 Å². The second kappa shape index (κ2) is 7.81. The number of benzene rings is 1. The first-order valence-electron chi connectivity index (χ1n) is 7.77. The molecule has 1 aromatic carbocycles. The van der Waals surface area contributed by atoms with Gasteiger partial charge in [-0.25, -0.2) is 0 Å². The lowest BCUT2D eigenvalue weighted by Gasteiger charge is -2.21. The fourth-order valence-corrected chi connectivity index (χ4v) is 2.53. The molecule has 0 radical (unpaired) electrons. The topological polar surface area (TPSA) is 55.4 Å². The Labute approximate surface area is 125 Å². The molecule has 1 N–H and O–H groups in total. The Hall–Kier alpha value is -1.84. The van der Waals surface area contributed by atoms with Crippen LogP contribution in [0.3, 0.4) is 0 Å². The highest BCUT2D eigenvalue weighted by Gasteiger charge is 2.27. The molecule has 1 unspecified atom stereocenters. The minimum atomic E-state index is -0.221. The van der Waals surface area contributed by atoms with Crippen molar-refractivity contribution in [3.63, 3.8) is 0 Å². The third-order valence-electron chi connectivity index (χ3n) is 3.79. The molecule has 0 saturated carbocycles. The van der Waals surface area contributed by atoms with E-state index < -0.39 is 0 Å². The van der Waals surface area contributed by atoms with Crippen LogP contribution < -0.4 is 10.1 Å². The quantitative estimate of drug-likeness (QED) is 0.619. The van der Waals surface area contributed by atoms with Gasteiger partial charge in [-0.3, -0.25) is 14.9 Å². The van der Waals surface area contributed by atoms with Crippen LogP contribution in [0, 0.1) is 0 Å². The zero-order valence-electron chi connectivity index (χ0n) is 12.6. The number of ether oxygens (including phenoxy) is 1. The number of piperidine rings is 1. The van der Waals surface area contributed by atoms with Crippen molar-refractivity contribution in [1.29, 1.82) is 0 Å². The van der Waals surface area contributed by atoms with Crippen LogP contribution in [0.15, 0.2) is 24.3 Å². The standard InChI is InChI=1S/C17H23NO3/c1-2-3-4-5-12-21-14-8-6-13(7-9-14)15-10-11-16(19)18-17(15)20/h6-9,15H,2-5,10-12H2,1H3,(H,18,19,20). The van der Waals surface area contributed by atoms with Gasteiger partial charge in [-0.05, 0) is 30.5 Å². The van der Waals surface area contributed by atoms with Gasteiger partial charge in [0.05, 0.1) is 12.5 Å². The van der Waals surface area contributed by atoms with Crippen LogP contribution in [-0.2, 0) is 9.59 Å². The number of carbonyl (C=O) groups is 2. The van der Waals surface area contributed by atoms with Gasteiger partial charge in [0.2, 0.25) is 11.8 Å². The van der Waals surface area contributed by atoms with Crippen molar-refractivity contribution in [2.24, 2.45) is 0 Å². The summed E-state index contributed by atoms with van der Waals surface area (Å²) in [5.41, 5.74) is 0.943. The molecule has 1 saturated heterocycles. The van der Waals surface area contributed by atoms with Crippen molar-refractivity contribution in [3.05, 3.63) is 29.8 Å². The van der Waals surface area contributed by atoms with Crippen molar-refractivity contribution in [2.45, 2.75) is 51.4 Å². The number of unbranched alkanes of at least 4 members (excludes halogenated alkanes) is 3. The summed E-state index contributed by atoms with van der Waals surface area (Å²) in [5.74, 6) is 0.242. The summed E-state index contributed by atoms with van der Waals surface area (Å²) in [6, 6.07) is 7.64. The molecule has 0 aliphatic carbocycles. The van der Waals surface area contributed by atoms with Crippen molar-refractivity contribution >= 4 is 11.8 Å². The van der Waals surface area contributed by atoms with Crippen molar-refractivity contribution in [3.8, 4) is 5.75 Å². The van der Waals surface area contributed by atoms with Crippen LogP contribution in [-0.4, -0.2) is 18.4 Å². The fourth-order valence-electron chi connectivity index (χ4n) is 2.53. The van der Waals surface area contributed by atoms with Crippen LogP contribution in [0.25, 0.3) is 0 Å². The molecule has 1 aliphatic rings. The summed E-state index contributed by atoms with van der Waals surface area (Å²) in [6.45, 7) is 2.92. The fraction of sp³-hybridized carbons (Fsp3) is 0.529. The molecule has 4 nitrogen and oxygen atoms in total. The number of hydrogen-bond acceptors (Lipinski definition) is 3. The van der Waals surface area contributed by atoms with Crippen LogP contribution in [0.4, 0.5) is 0 Å². The third-order valence-corrected chi connectivity index (χ3v) is 3.79. The molecule has 1 fully saturated rings. The van der Waals surface area contributed by atoms with Gasteiger partial charge in [0.1, 0.15) is 5.75 Å². The Balaban J connectivity index is 1.84. The number of amides is 2. The first-order valence-corrected chi connectivity index (χ1v) is 7.77. The zero-order chi connectivity index (χ0) is 15.1. The maximum atomic E-state index is 11.8. The number of nitrogens with one attached hydrogen (secondary N) is 1. The van der Waals surface area contributed by atoms with E-state index in [4.69, 9.17) is 4.74 Å². The van der Waals surface area contributed by atoms with Crippen molar-refractivity contribution in [1.82, 2.24) is 5.32 Å². The number of rotatable bonds is 7. The zero-order valence-corrected chi connectivity index (χ0v) is 12.6. The predicted molar refractivity (Wildman–Crippen MR) is 81.2 cm³/mol. The first kappa shape index (κ1) is 15.5. The molecule has 2 amide bonds. The number of imide groups is 1. The second-order valence-corrected chi connectivity index (χ2v) is 5.48. The van der Waals surface area contributed by atoms with Crippen LogP contribution >= 0.6 is 0 Å². The highest BCUT2D eigenvalue weighted by molar-refractivity contribution is 6.00. The van der Waals surface area contributed by atoms with E-state index in [9.17, 15) is 9.59 Å². The molecule has 1 aliphatic heterocycles. The molecule has 4 heteroatoms. The molecule has 1 heterocycles. The van der Waals surface area contributed by atoms with E-state index in [-0.39, 0.29) is 17.7 Å². The molecule has 1 atom stereocenters. The van der Waals surface area contributed by atoms with E-state index in [2.05, 4.69) is 12.2 Å². The Kier molecular flexibility index (Phi) is 5.78. The van der Waals surface area contributed by atoms with E-state index in [1.54, 1.807) is 0 Å². The van der Waals surface area contributed by atoms with Crippen LogP contribution in [0.5, 0.6) is 5.75 Å². The summed E-state index contributed by atoms with van der Waals surface area (Å²) >= 11 is 0. The van der Waals surface area contributed by atoms with E-state index in [1.165, 1.54) is 19.3 Å². The Morgan fingerprint density at radius 1 is 1.14 bits per heavy atom. The molecule has 0 spiro atoms. The molecule has 0 aromatic heterocycles. The maximum Gasteiger partial charge on any atom is 0.234 e. The van der Waals surface area contributed by atoms with Crippen LogP contribution in [0.2, 0.25) is 0 Å². The van der Waals surface area contributed by atoms with Gasteiger partial charge in [-0.15, -0.1) is 0 Å². The lowest BCUT2D eigenvalue weighted by atomic mass is 9.90. The Bertz CT molecular complexity index is 481. The smallest absolute Gasteiger partial charge is 0.234 e. The predicted octanol–water partition coefficient (Wildman–Crippen LogP) is 3.17. The van der Waals surface area contributed by atoms with Gasteiger partial charge in [-0.2, -0.15) is 0 Å². The van der Waals surface area contributed by atoms with E-state index >= 15 is 0 Å².